The van der Waals surface area contributed by atoms with Crippen LogP contribution in [0.2, 0.25) is 0 Å². The summed E-state index contributed by atoms with van der Waals surface area (Å²) in [6, 6.07) is 8.67. The molecule has 0 atom stereocenters. The third-order valence-corrected chi connectivity index (χ3v) is 2.60. The first-order valence-electron chi connectivity index (χ1n) is 6.01. The van der Waals surface area contributed by atoms with Crippen LogP contribution in [0.1, 0.15) is 31.4 Å². The molecule has 1 nitrogen and oxygen atoms in total. The third kappa shape index (κ3) is 4.31. The number of allylic oxidation sites excluding steroid dienone is 2. The van der Waals surface area contributed by atoms with E-state index in [0.29, 0.717) is 0 Å². The number of aryl methyl sites for hydroxylation is 1. The predicted octanol–water partition coefficient (Wildman–Crippen LogP) is 4.29. The van der Waals surface area contributed by atoms with Gasteiger partial charge < -0.3 is 5.32 Å². The molecule has 0 aliphatic rings. The molecule has 1 heteroatoms. The zero-order valence-corrected chi connectivity index (χ0v) is 10.8. The van der Waals surface area contributed by atoms with Crippen molar-refractivity contribution in [2.45, 2.75) is 26.7 Å². The van der Waals surface area contributed by atoms with Gasteiger partial charge in [-0.05, 0) is 42.3 Å². The van der Waals surface area contributed by atoms with Crippen molar-refractivity contribution in [3.8, 4) is 0 Å². The quantitative estimate of drug-likeness (QED) is 0.715. The van der Waals surface area contributed by atoms with E-state index in [9.17, 15) is 0 Å². The van der Waals surface area contributed by atoms with Crippen LogP contribution in [-0.4, -0.2) is 0 Å². The summed E-state index contributed by atoms with van der Waals surface area (Å²) in [4.78, 5) is 0. The molecule has 1 N–H and O–H groups in total. The smallest absolute Gasteiger partial charge is 0.0309 e. The van der Waals surface area contributed by atoms with Crippen molar-refractivity contribution in [1.29, 1.82) is 0 Å². The topological polar surface area (TPSA) is 12.0 Å². The Labute approximate surface area is 105 Å². The molecule has 90 valence electrons. The van der Waals surface area contributed by atoms with Crippen molar-refractivity contribution >= 4 is 5.57 Å². The summed E-state index contributed by atoms with van der Waals surface area (Å²) in [6.45, 7) is 11.8. The molecule has 0 heterocycles. The minimum atomic E-state index is 0.860. The first-order valence-corrected chi connectivity index (χ1v) is 6.01. The molecular weight excluding hydrogens is 206 g/mol. The van der Waals surface area contributed by atoms with E-state index < -0.39 is 0 Å². The number of hydrogen-bond donors (Lipinski definition) is 1. The fourth-order valence-corrected chi connectivity index (χ4v) is 1.78. The van der Waals surface area contributed by atoms with Crippen LogP contribution in [0.15, 0.2) is 55.4 Å². The second-order valence-electron chi connectivity index (χ2n) is 4.15. The van der Waals surface area contributed by atoms with Gasteiger partial charge in [0.05, 0.1) is 0 Å². The van der Waals surface area contributed by atoms with Gasteiger partial charge in [0, 0.05) is 5.70 Å². The average molecular weight is 227 g/mol. The van der Waals surface area contributed by atoms with Gasteiger partial charge in [-0.25, -0.2) is 0 Å². The molecular formula is C16H21N. The molecule has 0 spiro atoms. The SMILES string of the molecule is C=CNC(=C)/C=C(\C)c1cccc(CCC)c1. The molecule has 1 rings (SSSR count). The molecule has 1 aromatic rings. The van der Waals surface area contributed by atoms with E-state index in [0.717, 1.165) is 12.1 Å². The van der Waals surface area contributed by atoms with Crippen LogP contribution in [0.5, 0.6) is 0 Å². The normalized spacial score (nSPS) is 11.1. The van der Waals surface area contributed by atoms with Gasteiger partial charge >= 0.3 is 0 Å². The highest BCUT2D eigenvalue weighted by Crippen LogP contribution is 2.17. The Hall–Kier alpha value is -1.76. The van der Waals surface area contributed by atoms with Gasteiger partial charge in [-0.1, -0.05) is 50.8 Å². The second kappa shape index (κ2) is 6.74. The van der Waals surface area contributed by atoms with Crippen LogP contribution in [0.3, 0.4) is 0 Å². The van der Waals surface area contributed by atoms with Gasteiger partial charge in [0.2, 0.25) is 0 Å². The highest BCUT2D eigenvalue weighted by Gasteiger charge is 1.98. The van der Waals surface area contributed by atoms with Crippen molar-refractivity contribution in [3.63, 3.8) is 0 Å². The Bertz CT molecular complexity index is 427. The zero-order valence-electron chi connectivity index (χ0n) is 10.8. The maximum atomic E-state index is 3.91. The number of rotatable bonds is 6. The molecule has 0 radical (unpaired) electrons. The molecule has 0 bridgehead atoms. The van der Waals surface area contributed by atoms with Crippen molar-refractivity contribution in [3.05, 3.63) is 66.5 Å². The first kappa shape index (κ1) is 13.3. The van der Waals surface area contributed by atoms with Crippen molar-refractivity contribution in [1.82, 2.24) is 5.32 Å². The Balaban J connectivity index is 2.87. The Morgan fingerprint density at radius 1 is 1.41 bits per heavy atom. The maximum absolute atomic E-state index is 3.91. The Morgan fingerprint density at radius 3 is 2.82 bits per heavy atom. The second-order valence-corrected chi connectivity index (χ2v) is 4.15. The van der Waals surface area contributed by atoms with Crippen LogP contribution in [-0.2, 0) is 6.42 Å². The molecule has 0 unspecified atom stereocenters. The van der Waals surface area contributed by atoms with E-state index in [-0.39, 0.29) is 0 Å². The minimum absolute atomic E-state index is 0.860. The van der Waals surface area contributed by atoms with Crippen molar-refractivity contribution in [2.24, 2.45) is 0 Å². The van der Waals surface area contributed by atoms with E-state index in [2.05, 4.69) is 56.6 Å². The van der Waals surface area contributed by atoms with Crippen molar-refractivity contribution < 1.29 is 0 Å². The molecule has 0 amide bonds. The van der Waals surface area contributed by atoms with Gasteiger partial charge in [0.15, 0.2) is 0 Å². The summed E-state index contributed by atoms with van der Waals surface area (Å²) in [7, 11) is 0. The highest BCUT2D eigenvalue weighted by molar-refractivity contribution is 5.66. The summed E-state index contributed by atoms with van der Waals surface area (Å²) in [5.74, 6) is 0. The van der Waals surface area contributed by atoms with Crippen molar-refractivity contribution in [2.75, 3.05) is 0 Å². The van der Waals surface area contributed by atoms with Gasteiger partial charge in [-0.2, -0.15) is 0 Å². The molecule has 0 saturated carbocycles. The largest absolute Gasteiger partial charge is 0.363 e. The molecule has 0 aliphatic heterocycles. The number of hydrogen-bond acceptors (Lipinski definition) is 1. The van der Waals surface area contributed by atoms with Gasteiger partial charge in [-0.3, -0.25) is 0 Å². The van der Waals surface area contributed by atoms with E-state index in [1.54, 1.807) is 6.20 Å². The third-order valence-electron chi connectivity index (χ3n) is 2.60. The lowest BCUT2D eigenvalue weighted by Crippen LogP contribution is -1.99. The summed E-state index contributed by atoms with van der Waals surface area (Å²) in [5.41, 5.74) is 4.71. The monoisotopic (exact) mass is 227 g/mol. The Kier molecular flexibility index (Phi) is 5.28. The predicted molar refractivity (Wildman–Crippen MR) is 76.6 cm³/mol. The fourth-order valence-electron chi connectivity index (χ4n) is 1.78. The van der Waals surface area contributed by atoms with Gasteiger partial charge in [0.25, 0.3) is 0 Å². The maximum Gasteiger partial charge on any atom is 0.0309 e. The zero-order chi connectivity index (χ0) is 12.7. The number of benzene rings is 1. The highest BCUT2D eigenvalue weighted by atomic mass is 14.8. The molecule has 0 aliphatic carbocycles. The standard InChI is InChI=1S/C16H21N/c1-5-8-15-9-7-10-16(12-15)13(3)11-14(4)17-6-2/h6-7,9-12,17H,2,4-5,8H2,1,3H3/b13-11+. The lowest BCUT2D eigenvalue weighted by atomic mass is 10.0. The fraction of sp³-hybridized carbons (Fsp3) is 0.250. The lowest BCUT2D eigenvalue weighted by molar-refractivity contribution is 0.921. The van der Waals surface area contributed by atoms with E-state index in [1.165, 1.54) is 23.1 Å². The first-order chi connectivity index (χ1) is 8.17. The summed E-state index contributed by atoms with van der Waals surface area (Å²) >= 11 is 0. The average Bonchev–Trinajstić information content (AvgIpc) is 2.30. The minimum Gasteiger partial charge on any atom is -0.363 e. The van der Waals surface area contributed by atoms with Gasteiger partial charge in [-0.15, -0.1) is 0 Å². The van der Waals surface area contributed by atoms with Crippen LogP contribution in [0.25, 0.3) is 5.57 Å². The van der Waals surface area contributed by atoms with Crippen LogP contribution >= 0.6 is 0 Å². The molecule has 1 aromatic carbocycles. The summed E-state index contributed by atoms with van der Waals surface area (Å²) in [5, 5.41) is 2.98. The molecule has 0 fully saturated rings. The van der Waals surface area contributed by atoms with E-state index >= 15 is 0 Å². The van der Waals surface area contributed by atoms with Crippen LogP contribution in [0, 0.1) is 0 Å². The summed E-state index contributed by atoms with van der Waals surface area (Å²) < 4.78 is 0. The van der Waals surface area contributed by atoms with Gasteiger partial charge in [0.1, 0.15) is 0 Å². The molecule has 0 aromatic heterocycles. The van der Waals surface area contributed by atoms with Crippen LogP contribution in [0.4, 0.5) is 0 Å². The molecule has 17 heavy (non-hydrogen) atoms. The van der Waals surface area contributed by atoms with Crippen LogP contribution < -0.4 is 5.32 Å². The lowest BCUT2D eigenvalue weighted by Gasteiger charge is -2.06. The Morgan fingerprint density at radius 2 is 2.18 bits per heavy atom. The van der Waals surface area contributed by atoms with E-state index in [1.807, 2.05) is 6.08 Å². The number of nitrogens with one attached hydrogen (secondary N) is 1. The van der Waals surface area contributed by atoms with E-state index in [4.69, 9.17) is 0 Å². The molecule has 0 saturated heterocycles. The summed E-state index contributed by atoms with van der Waals surface area (Å²) in [6.07, 6.45) is 5.98.